The van der Waals surface area contributed by atoms with E-state index in [-0.39, 0.29) is 6.03 Å². The van der Waals surface area contributed by atoms with Crippen molar-refractivity contribution in [2.45, 2.75) is 24.8 Å². The van der Waals surface area contributed by atoms with Gasteiger partial charge in [0.2, 0.25) is 5.82 Å². The Morgan fingerprint density at radius 1 is 1.09 bits per heavy atom. The summed E-state index contributed by atoms with van der Waals surface area (Å²) in [6, 6.07) is 19.3. The molecule has 5 rings (SSSR count). The molecule has 2 aromatic carbocycles. The minimum Gasteiger partial charge on any atom is -0.334 e. The van der Waals surface area contributed by atoms with Crippen LogP contribution in [0.15, 0.2) is 81.2 Å². The fourth-order valence-electron chi connectivity index (χ4n) is 3.98. The molecule has 2 aromatic heterocycles. The number of allylic oxidation sites excluding steroid dienone is 1. The van der Waals surface area contributed by atoms with Crippen LogP contribution in [0.25, 0.3) is 16.3 Å². The molecule has 0 radical (unpaired) electrons. The van der Waals surface area contributed by atoms with Crippen molar-refractivity contribution in [1.29, 1.82) is 0 Å². The number of thioether (sulfide) groups is 1. The maximum absolute atomic E-state index is 13.3. The molecular formula is C25H22N4O2S2. The fraction of sp³-hybridized carbons (Fsp3) is 0.160. The molecule has 1 atom stereocenters. The molecule has 8 heteroatoms. The second kappa shape index (κ2) is 8.88. The van der Waals surface area contributed by atoms with Crippen LogP contribution in [0.5, 0.6) is 0 Å². The third-order valence-corrected chi connectivity index (χ3v) is 7.20. The number of aromatic nitrogens is 2. The first kappa shape index (κ1) is 21.5. The Balaban J connectivity index is 1.65. The monoisotopic (exact) mass is 474 g/mol. The highest BCUT2D eigenvalue weighted by Gasteiger charge is 2.36. The Morgan fingerprint density at radius 2 is 1.91 bits per heavy atom. The average Bonchev–Trinajstić information content (AvgIpc) is 3.51. The van der Waals surface area contributed by atoms with Crippen molar-refractivity contribution in [2.24, 2.45) is 0 Å². The molecule has 0 aliphatic carbocycles. The standard InChI is InChI=1S/C25H22N4O2S2/c1-15-6-4-7-18(14-15)29-16(2)21(24-27-23(28-31-24)20-8-5-13-33-20)22(26-25(29)30)17-9-11-19(32-3)12-10-17/h4-14,22H,1-3H3,(H,26,30). The van der Waals surface area contributed by atoms with Gasteiger partial charge in [-0.25, -0.2) is 4.79 Å². The molecule has 1 aliphatic rings. The number of hydrogen-bond acceptors (Lipinski definition) is 6. The molecule has 1 aliphatic heterocycles. The predicted octanol–water partition coefficient (Wildman–Crippen LogP) is 6.53. The van der Waals surface area contributed by atoms with Crippen molar-refractivity contribution < 1.29 is 9.32 Å². The number of nitrogens with zero attached hydrogens (tertiary/aromatic N) is 3. The number of aryl methyl sites for hydroxylation is 1. The Labute approximate surface area is 200 Å². The number of thiophene rings is 1. The molecule has 166 valence electrons. The molecule has 3 heterocycles. The molecule has 4 aromatic rings. The van der Waals surface area contributed by atoms with Crippen LogP contribution < -0.4 is 10.2 Å². The first-order chi connectivity index (χ1) is 16.0. The van der Waals surface area contributed by atoms with Gasteiger partial charge in [-0.05, 0) is 66.9 Å². The van der Waals surface area contributed by atoms with Gasteiger partial charge in [0.05, 0.1) is 22.2 Å². The van der Waals surface area contributed by atoms with E-state index in [1.54, 1.807) is 28.0 Å². The molecule has 0 saturated carbocycles. The first-order valence-electron chi connectivity index (χ1n) is 10.4. The van der Waals surface area contributed by atoms with Gasteiger partial charge in [0.25, 0.3) is 5.89 Å². The SMILES string of the molecule is CSc1ccc(C2NC(=O)N(c3cccc(C)c3)C(C)=C2c2nc(-c3cccs3)no2)cc1. The van der Waals surface area contributed by atoms with E-state index in [1.807, 2.05) is 74.0 Å². The molecule has 1 unspecified atom stereocenters. The molecule has 2 amide bonds. The average molecular weight is 475 g/mol. The topological polar surface area (TPSA) is 71.3 Å². The molecule has 0 spiro atoms. The number of rotatable bonds is 5. The smallest absolute Gasteiger partial charge is 0.326 e. The van der Waals surface area contributed by atoms with Gasteiger partial charge in [0, 0.05) is 10.6 Å². The molecule has 0 bridgehead atoms. The summed E-state index contributed by atoms with van der Waals surface area (Å²) in [5.74, 6) is 0.934. The Bertz CT molecular complexity index is 1330. The van der Waals surface area contributed by atoms with E-state index in [0.717, 1.165) is 37.9 Å². The van der Waals surface area contributed by atoms with Gasteiger partial charge in [0.1, 0.15) is 0 Å². The number of hydrogen-bond donors (Lipinski definition) is 1. The Hall–Kier alpha value is -3.36. The highest BCUT2D eigenvalue weighted by molar-refractivity contribution is 7.98. The minimum atomic E-state index is -0.411. The maximum atomic E-state index is 13.3. The quantitative estimate of drug-likeness (QED) is 0.333. The fourth-order valence-corrected chi connectivity index (χ4v) is 5.04. The number of urea groups is 1. The lowest BCUT2D eigenvalue weighted by Gasteiger charge is -2.35. The number of nitrogens with one attached hydrogen (secondary N) is 1. The van der Waals surface area contributed by atoms with Crippen LogP contribution in [0.3, 0.4) is 0 Å². The first-order valence-corrected chi connectivity index (χ1v) is 12.6. The maximum Gasteiger partial charge on any atom is 0.326 e. The van der Waals surface area contributed by atoms with E-state index in [1.165, 1.54) is 0 Å². The van der Waals surface area contributed by atoms with Crippen molar-refractivity contribution in [2.75, 3.05) is 11.2 Å². The number of carbonyl (C=O) groups is 1. The lowest BCUT2D eigenvalue weighted by atomic mass is 9.94. The number of amides is 2. The lowest BCUT2D eigenvalue weighted by Crippen LogP contribution is -2.46. The summed E-state index contributed by atoms with van der Waals surface area (Å²) in [7, 11) is 0. The van der Waals surface area contributed by atoms with Crippen LogP contribution in [0, 0.1) is 6.92 Å². The molecular weight excluding hydrogens is 452 g/mol. The van der Waals surface area contributed by atoms with E-state index >= 15 is 0 Å². The third kappa shape index (κ3) is 4.07. The van der Waals surface area contributed by atoms with E-state index in [2.05, 4.69) is 22.6 Å². The largest absolute Gasteiger partial charge is 0.334 e. The van der Waals surface area contributed by atoms with E-state index in [0.29, 0.717) is 11.7 Å². The molecule has 1 N–H and O–H groups in total. The Kier molecular flexibility index (Phi) is 5.78. The summed E-state index contributed by atoms with van der Waals surface area (Å²) in [5, 5.41) is 9.35. The molecule has 33 heavy (non-hydrogen) atoms. The minimum absolute atomic E-state index is 0.196. The number of benzene rings is 2. The zero-order valence-corrected chi connectivity index (χ0v) is 20.0. The van der Waals surface area contributed by atoms with Crippen LogP contribution >= 0.6 is 23.1 Å². The zero-order chi connectivity index (χ0) is 22.9. The van der Waals surface area contributed by atoms with Crippen LogP contribution in [0.2, 0.25) is 0 Å². The Morgan fingerprint density at radius 3 is 2.61 bits per heavy atom. The van der Waals surface area contributed by atoms with Gasteiger partial charge in [-0.3, -0.25) is 4.90 Å². The molecule has 6 nitrogen and oxygen atoms in total. The summed E-state index contributed by atoms with van der Waals surface area (Å²) >= 11 is 3.23. The number of carbonyl (C=O) groups excluding carboxylic acids is 1. The van der Waals surface area contributed by atoms with Gasteiger partial charge in [0.15, 0.2) is 0 Å². The summed E-state index contributed by atoms with van der Waals surface area (Å²) in [6.07, 6.45) is 2.04. The van der Waals surface area contributed by atoms with Crippen LogP contribution in [0.4, 0.5) is 10.5 Å². The molecule has 0 fully saturated rings. The summed E-state index contributed by atoms with van der Waals surface area (Å²) in [5.41, 5.74) is 4.35. The second-order valence-corrected chi connectivity index (χ2v) is 9.56. The van der Waals surface area contributed by atoms with Crippen LogP contribution in [0.1, 0.15) is 30.0 Å². The van der Waals surface area contributed by atoms with Crippen molar-refractivity contribution >= 4 is 40.4 Å². The van der Waals surface area contributed by atoms with Gasteiger partial charge in [-0.2, -0.15) is 4.98 Å². The van der Waals surface area contributed by atoms with Crippen molar-refractivity contribution in [1.82, 2.24) is 15.5 Å². The van der Waals surface area contributed by atoms with Crippen LogP contribution in [-0.2, 0) is 0 Å². The zero-order valence-electron chi connectivity index (χ0n) is 18.4. The van der Waals surface area contributed by atoms with Crippen LogP contribution in [-0.4, -0.2) is 22.4 Å². The predicted molar refractivity (Wildman–Crippen MR) is 133 cm³/mol. The van der Waals surface area contributed by atoms with E-state index < -0.39 is 6.04 Å². The van der Waals surface area contributed by atoms with Gasteiger partial charge in [-0.1, -0.05) is 35.5 Å². The van der Waals surface area contributed by atoms with Crippen molar-refractivity contribution in [3.63, 3.8) is 0 Å². The normalized spacial score (nSPS) is 16.3. The van der Waals surface area contributed by atoms with Gasteiger partial charge < -0.3 is 9.84 Å². The third-order valence-electron chi connectivity index (χ3n) is 5.59. The van der Waals surface area contributed by atoms with Gasteiger partial charge >= 0.3 is 6.03 Å². The van der Waals surface area contributed by atoms with Gasteiger partial charge in [-0.15, -0.1) is 23.1 Å². The summed E-state index contributed by atoms with van der Waals surface area (Å²) in [6.45, 7) is 3.93. The summed E-state index contributed by atoms with van der Waals surface area (Å²) in [4.78, 5) is 21.8. The van der Waals surface area contributed by atoms with Crippen molar-refractivity contribution in [3.05, 3.63) is 88.8 Å². The number of anilines is 1. The lowest BCUT2D eigenvalue weighted by molar-refractivity contribution is 0.244. The highest BCUT2D eigenvalue weighted by Crippen LogP contribution is 2.39. The second-order valence-electron chi connectivity index (χ2n) is 7.73. The summed E-state index contributed by atoms with van der Waals surface area (Å²) < 4.78 is 5.74. The van der Waals surface area contributed by atoms with E-state index in [9.17, 15) is 4.79 Å². The van der Waals surface area contributed by atoms with Crippen molar-refractivity contribution in [3.8, 4) is 10.7 Å². The molecule has 0 saturated heterocycles. The highest BCUT2D eigenvalue weighted by atomic mass is 32.2. The van der Waals surface area contributed by atoms with E-state index in [4.69, 9.17) is 9.51 Å².